The molecule has 0 bridgehead atoms. The number of nitrogens with one attached hydrogen (secondary N) is 1. The van der Waals surface area contributed by atoms with Gasteiger partial charge < -0.3 is 0 Å². The fraction of sp³-hybridized carbons (Fsp3) is 0.167. The Bertz CT molecular complexity index is 328. The molecule has 0 aromatic carbocycles. The molecule has 0 aliphatic heterocycles. The van der Waals surface area contributed by atoms with Crippen LogP contribution in [0.2, 0.25) is 0 Å². The Labute approximate surface area is 68.1 Å². The Hall–Kier alpha value is -1.85. The number of aromatic nitrogens is 6. The number of hydrogen-bond donors (Lipinski definition) is 1. The summed E-state index contributed by atoms with van der Waals surface area (Å²) < 4.78 is 0. The van der Waals surface area contributed by atoms with Crippen molar-refractivity contribution in [3.05, 3.63) is 30.1 Å². The molecule has 2 rings (SSSR count). The van der Waals surface area contributed by atoms with Crippen LogP contribution in [0.15, 0.2) is 18.7 Å². The van der Waals surface area contributed by atoms with Gasteiger partial charge in [-0.2, -0.15) is 5.21 Å². The van der Waals surface area contributed by atoms with E-state index in [-0.39, 0.29) is 0 Å². The van der Waals surface area contributed by atoms with Gasteiger partial charge in [-0.1, -0.05) is 5.21 Å². The summed E-state index contributed by atoms with van der Waals surface area (Å²) >= 11 is 0. The van der Waals surface area contributed by atoms with Crippen LogP contribution >= 0.6 is 0 Å². The molecule has 0 amide bonds. The highest BCUT2D eigenvalue weighted by Gasteiger charge is 1.99. The fourth-order valence-corrected chi connectivity index (χ4v) is 0.861. The van der Waals surface area contributed by atoms with Crippen molar-refractivity contribution in [3.8, 4) is 0 Å². The molecular weight excluding hydrogens is 156 g/mol. The molecule has 0 aliphatic rings. The summed E-state index contributed by atoms with van der Waals surface area (Å²) in [6.07, 6.45) is 5.55. The van der Waals surface area contributed by atoms with E-state index in [0.29, 0.717) is 12.2 Å². The molecular formula is C6H6N6. The van der Waals surface area contributed by atoms with E-state index in [1.807, 2.05) is 0 Å². The molecule has 6 heteroatoms. The lowest BCUT2D eigenvalue weighted by molar-refractivity contribution is 0.881. The van der Waals surface area contributed by atoms with Gasteiger partial charge >= 0.3 is 0 Å². The van der Waals surface area contributed by atoms with Crippen molar-refractivity contribution in [3.63, 3.8) is 0 Å². The molecule has 12 heavy (non-hydrogen) atoms. The molecule has 2 heterocycles. The topological polar surface area (TPSA) is 80.2 Å². The maximum atomic E-state index is 3.87. The molecule has 2 aromatic rings. The van der Waals surface area contributed by atoms with Crippen LogP contribution in [0.4, 0.5) is 0 Å². The van der Waals surface area contributed by atoms with Crippen LogP contribution in [0.3, 0.4) is 0 Å². The summed E-state index contributed by atoms with van der Waals surface area (Å²) in [5.41, 5.74) is 0.971. The quantitative estimate of drug-likeness (QED) is 0.648. The number of nitrogens with zero attached hydrogens (tertiary/aromatic N) is 5. The van der Waals surface area contributed by atoms with Crippen molar-refractivity contribution in [1.29, 1.82) is 0 Å². The van der Waals surface area contributed by atoms with E-state index < -0.39 is 0 Å². The third-order valence-electron chi connectivity index (χ3n) is 1.37. The smallest absolute Gasteiger partial charge is 0.179 e. The van der Waals surface area contributed by atoms with Crippen LogP contribution in [0.1, 0.15) is 11.4 Å². The maximum Gasteiger partial charge on any atom is 0.179 e. The van der Waals surface area contributed by atoms with E-state index in [4.69, 9.17) is 0 Å². The van der Waals surface area contributed by atoms with E-state index in [1.165, 1.54) is 6.33 Å². The zero-order valence-corrected chi connectivity index (χ0v) is 6.18. The van der Waals surface area contributed by atoms with Crippen LogP contribution in [0, 0.1) is 0 Å². The average molecular weight is 162 g/mol. The first-order chi connectivity index (χ1) is 5.95. The minimum Gasteiger partial charge on any atom is -0.245 e. The SMILES string of the molecule is c1ncc(Cc2nn[nH]n2)cn1. The molecule has 0 atom stereocenters. The first-order valence-corrected chi connectivity index (χ1v) is 3.41. The summed E-state index contributed by atoms with van der Waals surface area (Å²) in [4.78, 5) is 7.74. The van der Waals surface area contributed by atoms with E-state index in [1.54, 1.807) is 12.4 Å². The van der Waals surface area contributed by atoms with Gasteiger partial charge in [0.25, 0.3) is 0 Å². The van der Waals surface area contributed by atoms with Crippen LogP contribution in [-0.4, -0.2) is 30.6 Å². The standard InChI is InChI=1S/C6H6N6/c1(6-9-11-12-10-6)5-2-7-4-8-3-5/h2-4H,1H2,(H,9,10,11,12). The summed E-state index contributed by atoms with van der Waals surface area (Å²) in [5, 5.41) is 13.4. The summed E-state index contributed by atoms with van der Waals surface area (Å²) in [6.45, 7) is 0. The maximum absolute atomic E-state index is 3.87. The van der Waals surface area contributed by atoms with Crippen molar-refractivity contribution in [1.82, 2.24) is 30.6 Å². The largest absolute Gasteiger partial charge is 0.245 e. The highest BCUT2D eigenvalue weighted by molar-refractivity contribution is 5.08. The molecule has 1 N–H and O–H groups in total. The van der Waals surface area contributed by atoms with Gasteiger partial charge in [0.15, 0.2) is 5.82 Å². The van der Waals surface area contributed by atoms with Crippen LogP contribution < -0.4 is 0 Å². The second kappa shape index (κ2) is 3.04. The molecule has 0 fully saturated rings. The molecule has 6 nitrogen and oxygen atoms in total. The zero-order valence-electron chi connectivity index (χ0n) is 6.18. The van der Waals surface area contributed by atoms with E-state index in [2.05, 4.69) is 30.6 Å². The van der Waals surface area contributed by atoms with Gasteiger partial charge in [0.05, 0.1) is 0 Å². The molecule has 0 radical (unpaired) electrons. The van der Waals surface area contributed by atoms with Gasteiger partial charge in [-0.15, -0.1) is 10.2 Å². The summed E-state index contributed by atoms with van der Waals surface area (Å²) in [5.74, 6) is 0.643. The molecule has 0 unspecified atom stereocenters. The minimum atomic E-state index is 0.608. The third-order valence-corrected chi connectivity index (χ3v) is 1.37. The Balaban J connectivity index is 2.15. The van der Waals surface area contributed by atoms with Crippen molar-refractivity contribution in [2.75, 3.05) is 0 Å². The van der Waals surface area contributed by atoms with E-state index >= 15 is 0 Å². The number of H-pyrrole nitrogens is 1. The normalized spacial score (nSPS) is 10.0. The predicted molar refractivity (Wildman–Crippen MR) is 39.0 cm³/mol. The Morgan fingerprint density at radius 2 is 2.08 bits per heavy atom. The van der Waals surface area contributed by atoms with Crippen LogP contribution in [0.25, 0.3) is 0 Å². The molecule has 0 saturated carbocycles. The van der Waals surface area contributed by atoms with Gasteiger partial charge in [0, 0.05) is 18.8 Å². The minimum absolute atomic E-state index is 0.608. The predicted octanol–water partition coefficient (Wildman–Crippen LogP) is -0.420. The molecule has 0 aliphatic carbocycles. The lowest BCUT2D eigenvalue weighted by Crippen LogP contribution is -1.92. The number of aromatic amines is 1. The number of tetrazole rings is 1. The molecule has 2 aromatic heterocycles. The summed E-state index contributed by atoms with van der Waals surface area (Å²) in [7, 11) is 0. The zero-order chi connectivity index (χ0) is 8.23. The molecule has 60 valence electrons. The highest BCUT2D eigenvalue weighted by Crippen LogP contribution is 1.98. The highest BCUT2D eigenvalue weighted by atomic mass is 15.5. The van der Waals surface area contributed by atoms with E-state index in [0.717, 1.165) is 5.56 Å². The first kappa shape index (κ1) is 6.84. The second-order valence-electron chi connectivity index (χ2n) is 2.25. The average Bonchev–Trinajstić information content (AvgIpc) is 2.59. The second-order valence-corrected chi connectivity index (χ2v) is 2.25. The first-order valence-electron chi connectivity index (χ1n) is 3.41. The number of rotatable bonds is 2. The van der Waals surface area contributed by atoms with Gasteiger partial charge in [-0.05, 0) is 5.56 Å². The van der Waals surface area contributed by atoms with Gasteiger partial charge in [0.2, 0.25) is 0 Å². The van der Waals surface area contributed by atoms with Crippen molar-refractivity contribution in [2.24, 2.45) is 0 Å². The van der Waals surface area contributed by atoms with Crippen molar-refractivity contribution >= 4 is 0 Å². The van der Waals surface area contributed by atoms with Crippen molar-refractivity contribution in [2.45, 2.75) is 6.42 Å². The van der Waals surface area contributed by atoms with Crippen molar-refractivity contribution < 1.29 is 0 Å². The van der Waals surface area contributed by atoms with Crippen LogP contribution in [-0.2, 0) is 6.42 Å². The number of hydrogen-bond acceptors (Lipinski definition) is 5. The monoisotopic (exact) mass is 162 g/mol. The van der Waals surface area contributed by atoms with Gasteiger partial charge in [-0.25, -0.2) is 9.97 Å². The van der Waals surface area contributed by atoms with Gasteiger partial charge in [0.1, 0.15) is 6.33 Å². The van der Waals surface area contributed by atoms with E-state index in [9.17, 15) is 0 Å². The van der Waals surface area contributed by atoms with Crippen LogP contribution in [0.5, 0.6) is 0 Å². The Morgan fingerprint density at radius 3 is 2.75 bits per heavy atom. The fourth-order valence-electron chi connectivity index (χ4n) is 0.861. The lowest BCUT2D eigenvalue weighted by atomic mass is 10.2. The lowest BCUT2D eigenvalue weighted by Gasteiger charge is -1.91. The summed E-state index contributed by atoms with van der Waals surface area (Å²) in [6, 6.07) is 0. The molecule has 0 spiro atoms. The molecule has 0 saturated heterocycles. The van der Waals surface area contributed by atoms with Gasteiger partial charge in [-0.3, -0.25) is 0 Å². The third kappa shape index (κ3) is 1.42. The Morgan fingerprint density at radius 1 is 1.25 bits per heavy atom. The Kier molecular flexibility index (Phi) is 1.73.